The van der Waals surface area contributed by atoms with Crippen LogP contribution in [0.1, 0.15) is 23.7 Å². The van der Waals surface area contributed by atoms with Crippen LogP contribution in [0.5, 0.6) is 0 Å². The maximum atomic E-state index is 12.2. The number of hydrogen-bond donors (Lipinski definition) is 0. The van der Waals surface area contributed by atoms with Crippen molar-refractivity contribution in [1.29, 1.82) is 0 Å². The van der Waals surface area contributed by atoms with E-state index < -0.39 is 0 Å². The lowest BCUT2D eigenvalue weighted by atomic mass is 10.1. The molecule has 0 saturated carbocycles. The van der Waals surface area contributed by atoms with Gasteiger partial charge in [-0.05, 0) is 36.8 Å². The van der Waals surface area contributed by atoms with Gasteiger partial charge >= 0.3 is 0 Å². The molecule has 0 aliphatic carbocycles. The fourth-order valence-electron chi connectivity index (χ4n) is 2.06. The standard InChI is InChI=1S/C15H13Cl2NO2/c1-2-7-18-14(6-3-10(9-19)15(18)20)12-8-11(16)4-5-13(12)17/h3-6,8-9H,2,7H2,1H3. The summed E-state index contributed by atoms with van der Waals surface area (Å²) in [6.07, 6.45) is 1.34. The zero-order valence-electron chi connectivity index (χ0n) is 10.9. The topological polar surface area (TPSA) is 39.1 Å². The van der Waals surface area contributed by atoms with Crippen molar-refractivity contribution >= 4 is 29.5 Å². The summed E-state index contributed by atoms with van der Waals surface area (Å²) < 4.78 is 1.56. The summed E-state index contributed by atoms with van der Waals surface area (Å²) >= 11 is 12.2. The Kier molecular flexibility index (Phi) is 4.63. The molecule has 1 aromatic heterocycles. The van der Waals surface area contributed by atoms with Gasteiger partial charge in [-0.3, -0.25) is 9.59 Å². The van der Waals surface area contributed by atoms with Crippen molar-refractivity contribution in [3.05, 3.63) is 56.3 Å². The summed E-state index contributed by atoms with van der Waals surface area (Å²) in [6, 6.07) is 8.32. The SMILES string of the molecule is CCCn1c(-c2cc(Cl)ccc2Cl)ccc(C=O)c1=O. The Morgan fingerprint density at radius 1 is 1.20 bits per heavy atom. The van der Waals surface area contributed by atoms with Crippen molar-refractivity contribution in [2.75, 3.05) is 0 Å². The van der Waals surface area contributed by atoms with E-state index in [4.69, 9.17) is 23.2 Å². The summed E-state index contributed by atoms with van der Waals surface area (Å²) in [5.41, 5.74) is 1.17. The zero-order chi connectivity index (χ0) is 14.7. The van der Waals surface area contributed by atoms with Gasteiger partial charge in [-0.15, -0.1) is 0 Å². The van der Waals surface area contributed by atoms with Gasteiger partial charge in [0.2, 0.25) is 0 Å². The summed E-state index contributed by atoms with van der Waals surface area (Å²) in [5.74, 6) is 0. The minimum atomic E-state index is -0.310. The summed E-state index contributed by atoms with van der Waals surface area (Å²) in [7, 11) is 0. The number of halogens is 2. The van der Waals surface area contributed by atoms with Crippen LogP contribution in [0.3, 0.4) is 0 Å². The minimum Gasteiger partial charge on any atom is -0.308 e. The highest BCUT2D eigenvalue weighted by Crippen LogP contribution is 2.30. The fraction of sp³-hybridized carbons (Fsp3) is 0.200. The smallest absolute Gasteiger partial charge is 0.261 e. The largest absolute Gasteiger partial charge is 0.308 e. The maximum Gasteiger partial charge on any atom is 0.261 e. The molecule has 0 saturated heterocycles. The van der Waals surface area contributed by atoms with Crippen LogP contribution >= 0.6 is 23.2 Å². The molecule has 3 nitrogen and oxygen atoms in total. The monoisotopic (exact) mass is 309 g/mol. The molecule has 0 spiro atoms. The Balaban J connectivity index is 2.73. The van der Waals surface area contributed by atoms with Gasteiger partial charge in [-0.1, -0.05) is 30.1 Å². The molecular weight excluding hydrogens is 297 g/mol. The number of carbonyl (C=O) groups is 1. The minimum absolute atomic E-state index is 0.139. The molecular formula is C15H13Cl2NO2. The van der Waals surface area contributed by atoms with Crippen molar-refractivity contribution in [2.45, 2.75) is 19.9 Å². The molecule has 0 atom stereocenters. The molecule has 2 aromatic rings. The third-order valence-electron chi connectivity index (χ3n) is 2.98. The first-order valence-electron chi connectivity index (χ1n) is 6.23. The highest BCUT2D eigenvalue weighted by molar-refractivity contribution is 6.35. The molecule has 0 aliphatic rings. The molecule has 0 bridgehead atoms. The lowest BCUT2D eigenvalue weighted by Crippen LogP contribution is -2.24. The van der Waals surface area contributed by atoms with Gasteiger partial charge in [-0.2, -0.15) is 0 Å². The molecule has 1 heterocycles. The van der Waals surface area contributed by atoms with Gasteiger partial charge in [-0.25, -0.2) is 0 Å². The zero-order valence-corrected chi connectivity index (χ0v) is 12.4. The average molecular weight is 310 g/mol. The van der Waals surface area contributed by atoms with Crippen LogP contribution in [0.2, 0.25) is 10.0 Å². The lowest BCUT2D eigenvalue weighted by molar-refractivity contribution is 0.112. The van der Waals surface area contributed by atoms with Crippen molar-refractivity contribution < 1.29 is 4.79 Å². The lowest BCUT2D eigenvalue weighted by Gasteiger charge is -2.14. The Hall–Kier alpha value is -1.58. The summed E-state index contributed by atoms with van der Waals surface area (Å²) in [5, 5.41) is 1.05. The Labute approximate surface area is 126 Å². The molecule has 0 fully saturated rings. The van der Waals surface area contributed by atoms with Crippen LogP contribution in [0.15, 0.2) is 35.1 Å². The van der Waals surface area contributed by atoms with Crippen LogP contribution in [0.25, 0.3) is 11.3 Å². The molecule has 0 amide bonds. The van der Waals surface area contributed by atoms with Crippen molar-refractivity contribution in [3.8, 4) is 11.3 Å². The van der Waals surface area contributed by atoms with Crippen molar-refractivity contribution in [1.82, 2.24) is 4.57 Å². The fourth-order valence-corrected chi connectivity index (χ4v) is 2.45. The van der Waals surface area contributed by atoms with E-state index in [0.717, 1.165) is 6.42 Å². The van der Waals surface area contributed by atoms with Crippen LogP contribution in [-0.4, -0.2) is 10.9 Å². The van der Waals surface area contributed by atoms with E-state index in [1.54, 1.807) is 28.8 Å². The van der Waals surface area contributed by atoms with Crippen LogP contribution in [-0.2, 0) is 6.54 Å². The highest BCUT2D eigenvalue weighted by Gasteiger charge is 2.12. The van der Waals surface area contributed by atoms with Gasteiger partial charge < -0.3 is 4.57 Å². The molecule has 1 aromatic carbocycles. The first-order valence-corrected chi connectivity index (χ1v) is 6.98. The highest BCUT2D eigenvalue weighted by atomic mass is 35.5. The summed E-state index contributed by atoms with van der Waals surface area (Å²) in [6.45, 7) is 2.47. The molecule has 0 radical (unpaired) electrons. The third kappa shape index (κ3) is 2.79. The van der Waals surface area contributed by atoms with E-state index in [-0.39, 0.29) is 11.1 Å². The molecule has 2 rings (SSSR count). The maximum absolute atomic E-state index is 12.2. The molecule has 0 unspecified atom stereocenters. The number of nitrogens with zero attached hydrogens (tertiary/aromatic N) is 1. The molecule has 20 heavy (non-hydrogen) atoms. The second-order valence-corrected chi connectivity index (χ2v) is 5.22. The van der Waals surface area contributed by atoms with Gasteiger partial charge in [0.05, 0.1) is 11.3 Å². The van der Waals surface area contributed by atoms with Gasteiger partial charge in [0, 0.05) is 22.2 Å². The number of hydrogen-bond acceptors (Lipinski definition) is 2. The van der Waals surface area contributed by atoms with E-state index in [0.29, 0.717) is 34.1 Å². The normalized spacial score (nSPS) is 10.6. The number of benzene rings is 1. The average Bonchev–Trinajstić information content (AvgIpc) is 2.44. The quantitative estimate of drug-likeness (QED) is 0.799. The second-order valence-electron chi connectivity index (χ2n) is 4.37. The number of pyridine rings is 1. The van der Waals surface area contributed by atoms with Gasteiger partial charge in [0.15, 0.2) is 6.29 Å². The number of aromatic nitrogens is 1. The van der Waals surface area contributed by atoms with Gasteiger partial charge in [0.1, 0.15) is 0 Å². The van der Waals surface area contributed by atoms with Crippen LogP contribution in [0, 0.1) is 0 Å². The van der Waals surface area contributed by atoms with Crippen LogP contribution < -0.4 is 5.56 Å². The predicted molar refractivity (Wildman–Crippen MR) is 81.8 cm³/mol. The van der Waals surface area contributed by atoms with E-state index in [9.17, 15) is 9.59 Å². The Morgan fingerprint density at radius 2 is 1.95 bits per heavy atom. The van der Waals surface area contributed by atoms with E-state index in [1.165, 1.54) is 6.07 Å². The van der Waals surface area contributed by atoms with E-state index in [1.807, 2.05) is 6.92 Å². The number of rotatable bonds is 4. The third-order valence-corrected chi connectivity index (χ3v) is 3.55. The first kappa shape index (κ1) is 14.8. The molecule has 0 N–H and O–H groups in total. The molecule has 0 aliphatic heterocycles. The van der Waals surface area contributed by atoms with E-state index >= 15 is 0 Å². The Bertz CT molecular complexity index is 708. The summed E-state index contributed by atoms with van der Waals surface area (Å²) in [4.78, 5) is 23.1. The number of carbonyl (C=O) groups excluding carboxylic acids is 1. The molecule has 5 heteroatoms. The van der Waals surface area contributed by atoms with E-state index in [2.05, 4.69) is 0 Å². The molecule has 104 valence electrons. The first-order chi connectivity index (χ1) is 9.58. The van der Waals surface area contributed by atoms with Gasteiger partial charge in [0.25, 0.3) is 5.56 Å². The van der Waals surface area contributed by atoms with Crippen LogP contribution in [0.4, 0.5) is 0 Å². The van der Waals surface area contributed by atoms with Crippen molar-refractivity contribution in [3.63, 3.8) is 0 Å². The Morgan fingerprint density at radius 3 is 2.60 bits per heavy atom. The second kappa shape index (κ2) is 6.25. The predicted octanol–water partition coefficient (Wildman–Crippen LogP) is 4.04. The number of aldehydes is 1. The van der Waals surface area contributed by atoms with Crippen molar-refractivity contribution in [2.24, 2.45) is 0 Å².